The molecule has 0 fully saturated rings. The first-order valence-corrected chi connectivity index (χ1v) is 4.46. The summed E-state index contributed by atoms with van der Waals surface area (Å²) in [6.07, 6.45) is 1.82. The highest BCUT2D eigenvalue weighted by Crippen LogP contribution is 2.13. The molecule has 0 spiro atoms. The molecule has 0 aliphatic heterocycles. The summed E-state index contributed by atoms with van der Waals surface area (Å²) in [5.74, 6) is 0.0995. The molecule has 1 heterocycles. The summed E-state index contributed by atoms with van der Waals surface area (Å²) in [4.78, 5) is 15.2. The lowest BCUT2D eigenvalue weighted by Gasteiger charge is -2.06. The maximum Gasteiger partial charge on any atom is 0.279 e. The van der Waals surface area contributed by atoms with Crippen molar-refractivity contribution in [1.29, 1.82) is 0 Å². The van der Waals surface area contributed by atoms with E-state index in [-0.39, 0.29) is 17.1 Å². The van der Waals surface area contributed by atoms with E-state index in [0.29, 0.717) is 5.16 Å². The Morgan fingerprint density at radius 1 is 1.50 bits per heavy atom. The van der Waals surface area contributed by atoms with Gasteiger partial charge in [-0.3, -0.25) is 9.36 Å². The van der Waals surface area contributed by atoms with Crippen LogP contribution < -0.4 is 17.0 Å². The fraction of sp³-hybridized carbons (Fsp3) is 0.333. The summed E-state index contributed by atoms with van der Waals surface area (Å²) >= 11 is 1.35. The molecular formula is C6H10N4OS. The standard InChI is InChI=1S/C6H10N4OS/c1-10-5(11)3(7)4(8)9-6(10)12-2/h7-8H2,1-2H3. The van der Waals surface area contributed by atoms with E-state index in [1.165, 1.54) is 16.3 Å². The van der Waals surface area contributed by atoms with Crippen LogP contribution in [0.25, 0.3) is 0 Å². The average molecular weight is 186 g/mol. The normalized spacial score (nSPS) is 10.2. The fourth-order valence-corrected chi connectivity index (χ4v) is 1.34. The first kappa shape index (κ1) is 8.92. The largest absolute Gasteiger partial charge is 0.391 e. The first-order valence-electron chi connectivity index (χ1n) is 3.24. The zero-order valence-corrected chi connectivity index (χ0v) is 7.68. The van der Waals surface area contributed by atoms with E-state index in [4.69, 9.17) is 11.5 Å². The second-order valence-electron chi connectivity index (χ2n) is 2.26. The topological polar surface area (TPSA) is 86.9 Å². The van der Waals surface area contributed by atoms with Crippen LogP contribution >= 0.6 is 11.8 Å². The van der Waals surface area contributed by atoms with Crippen molar-refractivity contribution < 1.29 is 0 Å². The van der Waals surface area contributed by atoms with E-state index in [9.17, 15) is 4.79 Å². The molecule has 0 saturated heterocycles. The Morgan fingerprint density at radius 3 is 2.58 bits per heavy atom. The molecule has 0 saturated carbocycles. The van der Waals surface area contributed by atoms with Gasteiger partial charge in [0.1, 0.15) is 5.69 Å². The molecule has 0 atom stereocenters. The molecule has 0 unspecified atom stereocenters. The second kappa shape index (κ2) is 3.06. The molecule has 1 aromatic rings. The van der Waals surface area contributed by atoms with Gasteiger partial charge in [-0.05, 0) is 6.26 Å². The summed E-state index contributed by atoms with van der Waals surface area (Å²) in [6.45, 7) is 0. The van der Waals surface area contributed by atoms with Gasteiger partial charge in [-0.15, -0.1) is 0 Å². The number of nitrogens with zero attached hydrogens (tertiary/aromatic N) is 2. The maximum atomic E-state index is 11.3. The van der Waals surface area contributed by atoms with Crippen LogP contribution in [0.3, 0.4) is 0 Å². The molecule has 1 aromatic heterocycles. The summed E-state index contributed by atoms with van der Waals surface area (Å²) in [5.41, 5.74) is 10.5. The summed E-state index contributed by atoms with van der Waals surface area (Å²) in [5, 5.41) is 0.562. The maximum absolute atomic E-state index is 11.3. The number of hydrogen-bond donors (Lipinski definition) is 2. The highest BCUT2D eigenvalue weighted by Gasteiger charge is 2.07. The average Bonchev–Trinajstić information content (AvgIpc) is 2.08. The molecule has 0 aliphatic rings. The van der Waals surface area contributed by atoms with E-state index in [2.05, 4.69) is 4.98 Å². The van der Waals surface area contributed by atoms with Gasteiger partial charge in [-0.1, -0.05) is 11.8 Å². The van der Waals surface area contributed by atoms with Crippen molar-refractivity contribution in [1.82, 2.24) is 9.55 Å². The molecule has 0 aromatic carbocycles. The number of rotatable bonds is 1. The minimum absolute atomic E-state index is 0.00954. The Bertz CT molecular complexity index is 359. The number of anilines is 2. The van der Waals surface area contributed by atoms with E-state index >= 15 is 0 Å². The van der Waals surface area contributed by atoms with Gasteiger partial charge in [0.25, 0.3) is 5.56 Å². The van der Waals surface area contributed by atoms with Crippen molar-refractivity contribution in [2.75, 3.05) is 17.7 Å². The number of nitrogens with two attached hydrogens (primary N) is 2. The van der Waals surface area contributed by atoms with Crippen LogP contribution in [0.5, 0.6) is 0 Å². The Balaban J connectivity index is 3.50. The minimum atomic E-state index is -0.299. The van der Waals surface area contributed by atoms with Gasteiger partial charge in [-0.2, -0.15) is 0 Å². The Morgan fingerprint density at radius 2 is 2.08 bits per heavy atom. The van der Waals surface area contributed by atoms with Crippen LogP contribution in [0, 0.1) is 0 Å². The van der Waals surface area contributed by atoms with Crippen molar-refractivity contribution >= 4 is 23.3 Å². The molecule has 12 heavy (non-hydrogen) atoms. The zero-order valence-electron chi connectivity index (χ0n) is 6.87. The van der Waals surface area contributed by atoms with Crippen molar-refractivity contribution in [3.63, 3.8) is 0 Å². The Labute approximate surface area is 73.8 Å². The van der Waals surface area contributed by atoms with Gasteiger partial charge in [-0.25, -0.2) is 4.98 Å². The Hall–Kier alpha value is -1.17. The number of nitrogen functional groups attached to an aromatic ring is 2. The van der Waals surface area contributed by atoms with Gasteiger partial charge in [0, 0.05) is 7.05 Å². The van der Waals surface area contributed by atoms with Crippen LogP contribution in [0.2, 0.25) is 0 Å². The third-order valence-electron chi connectivity index (χ3n) is 1.50. The third-order valence-corrected chi connectivity index (χ3v) is 2.23. The van der Waals surface area contributed by atoms with Crippen molar-refractivity contribution in [3.05, 3.63) is 10.4 Å². The third kappa shape index (κ3) is 1.25. The van der Waals surface area contributed by atoms with Crippen molar-refractivity contribution in [2.45, 2.75) is 5.16 Å². The van der Waals surface area contributed by atoms with Crippen molar-refractivity contribution in [3.8, 4) is 0 Å². The van der Waals surface area contributed by atoms with E-state index in [0.717, 1.165) is 0 Å². The smallest absolute Gasteiger partial charge is 0.279 e. The van der Waals surface area contributed by atoms with E-state index in [1.807, 2.05) is 6.26 Å². The number of hydrogen-bond acceptors (Lipinski definition) is 5. The highest BCUT2D eigenvalue weighted by atomic mass is 32.2. The van der Waals surface area contributed by atoms with Crippen LogP contribution in [0.1, 0.15) is 0 Å². The van der Waals surface area contributed by atoms with Crippen LogP contribution in [0.4, 0.5) is 11.5 Å². The lowest BCUT2D eigenvalue weighted by Crippen LogP contribution is -2.24. The molecule has 5 nitrogen and oxygen atoms in total. The quantitative estimate of drug-likeness (QED) is 0.463. The summed E-state index contributed by atoms with van der Waals surface area (Å²) < 4.78 is 1.37. The van der Waals surface area contributed by atoms with Gasteiger partial charge in [0.05, 0.1) is 0 Å². The van der Waals surface area contributed by atoms with E-state index < -0.39 is 0 Å². The van der Waals surface area contributed by atoms with Crippen LogP contribution in [-0.4, -0.2) is 15.8 Å². The van der Waals surface area contributed by atoms with Gasteiger partial charge in [0.2, 0.25) is 0 Å². The predicted octanol–water partition coefficient (Wildman–Crippen LogP) is -0.333. The SMILES string of the molecule is CSc1nc(N)c(N)c(=O)n1C. The molecule has 0 aliphatic carbocycles. The zero-order chi connectivity index (χ0) is 9.30. The minimum Gasteiger partial charge on any atom is -0.391 e. The summed E-state index contributed by atoms with van der Waals surface area (Å²) in [7, 11) is 1.61. The van der Waals surface area contributed by atoms with Crippen molar-refractivity contribution in [2.24, 2.45) is 7.05 Å². The number of aromatic nitrogens is 2. The second-order valence-corrected chi connectivity index (χ2v) is 3.03. The lowest BCUT2D eigenvalue weighted by molar-refractivity contribution is 0.717. The van der Waals surface area contributed by atoms with Gasteiger partial charge >= 0.3 is 0 Å². The van der Waals surface area contributed by atoms with E-state index in [1.54, 1.807) is 7.05 Å². The monoisotopic (exact) mass is 186 g/mol. The highest BCUT2D eigenvalue weighted by molar-refractivity contribution is 7.98. The molecule has 1 rings (SSSR count). The fourth-order valence-electron chi connectivity index (χ4n) is 0.798. The molecule has 0 amide bonds. The first-order chi connectivity index (χ1) is 5.57. The lowest BCUT2D eigenvalue weighted by atomic mass is 10.5. The van der Waals surface area contributed by atoms with Crippen LogP contribution in [-0.2, 0) is 7.05 Å². The molecule has 66 valence electrons. The molecule has 0 radical (unpaired) electrons. The Kier molecular flexibility index (Phi) is 2.27. The van der Waals surface area contributed by atoms with Gasteiger partial charge in [0.15, 0.2) is 11.0 Å². The van der Waals surface area contributed by atoms with Gasteiger partial charge < -0.3 is 11.5 Å². The molecule has 4 N–H and O–H groups in total. The number of thioether (sulfide) groups is 1. The predicted molar refractivity (Wildman–Crippen MR) is 50.1 cm³/mol. The summed E-state index contributed by atoms with van der Waals surface area (Å²) in [6, 6.07) is 0. The molecule has 0 bridgehead atoms. The van der Waals surface area contributed by atoms with Crippen LogP contribution in [0.15, 0.2) is 9.95 Å². The molecular weight excluding hydrogens is 176 g/mol. The molecule has 6 heteroatoms.